The van der Waals surface area contributed by atoms with E-state index in [0.29, 0.717) is 12.3 Å². The van der Waals surface area contributed by atoms with Crippen LogP contribution in [0.5, 0.6) is 5.88 Å². The van der Waals surface area contributed by atoms with Gasteiger partial charge in [-0.05, 0) is 55.0 Å². The number of carbonyl (C=O) groups is 4. The molecular formula is C33H42N4O7. The number of rotatable bonds is 9. The normalized spacial score (nSPS) is 25.6. The molecule has 0 radical (unpaired) electrons. The molecular weight excluding hydrogens is 564 g/mol. The van der Waals surface area contributed by atoms with Crippen LogP contribution in [0.2, 0.25) is 0 Å². The maximum Gasteiger partial charge on any atom is 0.408 e. The van der Waals surface area contributed by atoms with Crippen molar-refractivity contribution in [1.29, 1.82) is 0 Å². The van der Waals surface area contributed by atoms with E-state index in [1.165, 1.54) is 12.0 Å². The molecule has 1 saturated heterocycles. The van der Waals surface area contributed by atoms with Crippen molar-refractivity contribution in [3.63, 3.8) is 0 Å². The Labute approximate surface area is 257 Å². The van der Waals surface area contributed by atoms with E-state index in [1.807, 2.05) is 51.1 Å². The molecule has 3 amide bonds. The zero-order chi connectivity index (χ0) is 31.6. The molecule has 5 rings (SSSR count). The molecule has 11 heteroatoms. The van der Waals surface area contributed by atoms with Crippen LogP contribution in [-0.2, 0) is 23.9 Å². The van der Waals surface area contributed by atoms with Gasteiger partial charge in [-0.15, -0.1) is 6.58 Å². The fourth-order valence-corrected chi connectivity index (χ4v) is 6.33. The highest BCUT2D eigenvalue weighted by atomic mass is 16.6. The number of aromatic nitrogens is 1. The van der Waals surface area contributed by atoms with E-state index >= 15 is 0 Å². The number of amides is 3. The van der Waals surface area contributed by atoms with Gasteiger partial charge in [-0.3, -0.25) is 9.59 Å². The van der Waals surface area contributed by atoms with Crippen molar-refractivity contribution in [3.05, 3.63) is 49.2 Å². The summed E-state index contributed by atoms with van der Waals surface area (Å²) in [6.07, 6.45) is 5.95. The molecule has 3 fully saturated rings. The van der Waals surface area contributed by atoms with Crippen molar-refractivity contribution in [1.82, 2.24) is 20.5 Å². The van der Waals surface area contributed by atoms with E-state index in [2.05, 4.69) is 22.2 Å². The molecule has 1 aliphatic heterocycles. The SMILES string of the molecule is C=CC1CC1(NC(=O)C1CC(Oc2nccc3ccccc23)CN1C(=O)C(NC(=O)OC1CCCC1)C(C)(C)C)C(=O)OC. The molecule has 2 N–H and O–H groups in total. The number of hydrogen-bond acceptors (Lipinski definition) is 8. The van der Waals surface area contributed by atoms with Crippen LogP contribution in [0.4, 0.5) is 4.79 Å². The summed E-state index contributed by atoms with van der Waals surface area (Å²) in [5.41, 5.74) is -1.94. The third kappa shape index (κ3) is 6.37. The number of hydrogen-bond donors (Lipinski definition) is 2. The van der Waals surface area contributed by atoms with Gasteiger partial charge >= 0.3 is 12.1 Å². The molecule has 3 aliphatic rings. The van der Waals surface area contributed by atoms with Gasteiger partial charge in [0.05, 0.1) is 13.7 Å². The number of nitrogens with zero attached hydrogens (tertiary/aromatic N) is 2. The first-order valence-electron chi connectivity index (χ1n) is 15.3. The van der Waals surface area contributed by atoms with Crippen LogP contribution in [0.3, 0.4) is 0 Å². The van der Waals surface area contributed by atoms with Gasteiger partial charge in [-0.25, -0.2) is 14.6 Å². The maximum absolute atomic E-state index is 14.3. The Balaban J connectivity index is 1.41. The lowest BCUT2D eigenvalue weighted by Crippen LogP contribution is -2.59. The number of benzene rings is 1. The van der Waals surface area contributed by atoms with Crippen LogP contribution in [0, 0.1) is 11.3 Å². The van der Waals surface area contributed by atoms with Crippen LogP contribution < -0.4 is 15.4 Å². The third-order valence-corrected chi connectivity index (χ3v) is 8.91. The summed E-state index contributed by atoms with van der Waals surface area (Å²) in [5.74, 6) is -1.41. The lowest BCUT2D eigenvalue weighted by molar-refractivity contribution is -0.148. The first-order valence-corrected chi connectivity index (χ1v) is 15.3. The van der Waals surface area contributed by atoms with Crippen molar-refractivity contribution in [2.75, 3.05) is 13.7 Å². The van der Waals surface area contributed by atoms with Crippen molar-refractivity contribution in [3.8, 4) is 5.88 Å². The predicted molar refractivity (Wildman–Crippen MR) is 163 cm³/mol. The summed E-state index contributed by atoms with van der Waals surface area (Å²) in [4.78, 5) is 59.7. The van der Waals surface area contributed by atoms with Gasteiger partial charge in [0.1, 0.15) is 29.8 Å². The first-order chi connectivity index (χ1) is 21.0. The Bertz CT molecular complexity index is 1430. The smallest absolute Gasteiger partial charge is 0.408 e. The Kier molecular flexibility index (Phi) is 8.85. The zero-order valence-electron chi connectivity index (χ0n) is 25.8. The summed E-state index contributed by atoms with van der Waals surface area (Å²) >= 11 is 0. The minimum absolute atomic E-state index is 0.0733. The molecule has 5 atom stereocenters. The Morgan fingerprint density at radius 2 is 1.84 bits per heavy atom. The van der Waals surface area contributed by atoms with E-state index in [1.54, 1.807) is 12.3 Å². The molecule has 2 saturated carbocycles. The summed E-state index contributed by atoms with van der Waals surface area (Å²) in [6, 6.07) is 7.58. The van der Waals surface area contributed by atoms with E-state index in [9.17, 15) is 19.2 Å². The van der Waals surface area contributed by atoms with Crippen molar-refractivity contribution in [2.45, 2.75) is 89.1 Å². The second kappa shape index (κ2) is 12.5. The second-order valence-corrected chi connectivity index (χ2v) is 13.1. The van der Waals surface area contributed by atoms with Crippen molar-refractivity contribution < 1.29 is 33.4 Å². The molecule has 2 aliphatic carbocycles. The topological polar surface area (TPSA) is 136 Å². The largest absolute Gasteiger partial charge is 0.472 e. The molecule has 44 heavy (non-hydrogen) atoms. The quantitative estimate of drug-likeness (QED) is 0.324. The summed E-state index contributed by atoms with van der Waals surface area (Å²) < 4.78 is 16.9. The number of likely N-dealkylation sites (tertiary alicyclic amines) is 1. The maximum atomic E-state index is 14.3. The average molecular weight is 607 g/mol. The molecule has 11 nitrogen and oxygen atoms in total. The highest BCUT2D eigenvalue weighted by molar-refractivity contribution is 5.97. The van der Waals surface area contributed by atoms with Gasteiger partial charge in [-0.1, -0.05) is 45.0 Å². The first kappa shape index (κ1) is 31.3. The van der Waals surface area contributed by atoms with E-state index in [4.69, 9.17) is 14.2 Å². The number of pyridine rings is 1. The number of fused-ring (bicyclic) bond motifs is 1. The zero-order valence-corrected chi connectivity index (χ0v) is 25.8. The fourth-order valence-electron chi connectivity index (χ4n) is 6.33. The van der Waals surface area contributed by atoms with Crippen molar-refractivity contribution in [2.24, 2.45) is 11.3 Å². The highest BCUT2D eigenvalue weighted by Crippen LogP contribution is 2.45. The Hall–Kier alpha value is -4.15. The molecule has 5 unspecified atom stereocenters. The molecule has 2 aromatic rings. The van der Waals surface area contributed by atoms with Crippen LogP contribution in [0.25, 0.3) is 10.8 Å². The minimum atomic E-state index is -1.23. The van der Waals surface area contributed by atoms with Gasteiger partial charge in [0.25, 0.3) is 0 Å². The molecule has 0 bridgehead atoms. The van der Waals surface area contributed by atoms with Crippen molar-refractivity contribution >= 4 is 34.6 Å². The number of methoxy groups -OCH3 is 1. The van der Waals surface area contributed by atoms with Gasteiger partial charge in [0.15, 0.2) is 0 Å². The fraction of sp³-hybridized carbons (Fsp3) is 0.545. The minimum Gasteiger partial charge on any atom is -0.472 e. The average Bonchev–Trinajstić information content (AvgIpc) is 3.28. The van der Waals surface area contributed by atoms with Gasteiger partial charge in [0, 0.05) is 23.9 Å². The lowest BCUT2D eigenvalue weighted by atomic mass is 9.85. The Morgan fingerprint density at radius 3 is 2.50 bits per heavy atom. The number of ether oxygens (including phenoxy) is 3. The standard InChI is InChI=1S/C33H42N4O7/c1-6-21-18-33(21,30(40)42-5)36-27(38)25-17-23(43-28-24-14-10-7-11-20(24)15-16-34-28)19-37(25)29(39)26(32(2,3)4)35-31(41)44-22-12-8-9-13-22/h6-7,10-11,14-16,21-23,25-26H,1,8-9,12-13,17-19H2,2-5H3,(H,35,41)(H,36,38). The van der Waals surface area contributed by atoms with Crippen LogP contribution in [0.15, 0.2) is 49.2 Å². The molecule has 1 aromatic heterocycles. The monoisotopic (exact) mass is 606 g/mol. The van der Waals surface area contributed by atoms with E-state index < -0.39 is 53.0 Å². The van der Waals surface area contributed by atoms with Gasteiger partial charge < -0.3 is 29.7 Å². The Morgan fingerprint density at radius 1 is 1.11 bits per heavy atom. The summed E-state index contributed by atoms with van der Waals surface area (Å²) in [5, 5.41) is 7.40. The van der Waals surface area contributed by atoms with Gasteiger partial charge in [-0.2, -0.15) is 0 Å². The second-order valence-electron chi connectivity index (χ2n) is 13.1. The van der Waals surface area contributed by atoms with E-state index in [0.717, 1.165) is 36.5 Å². The van der Waals surface area contributed by atoms with Crippen LogP contribution in [-0.4, -0.2) is 77.2 Å². The van der Waals surface area contributed by atoms with Crippen LogP contribution >= 0.6 is 0 Å². The molecule has 1 aromatic carbocycles. The van der Waals surface area contributed by atoms with E-state index in [-0.39, 0.29) is 25.0 Å². The van der Waals surface area contributed by atoms with Crippen LogP contribution in [0.1, 0.15) is 59.3 Å². The summed E-state index contributed by atoms with van der Waals surface area (Å²) in [7, 11) is 1.27. The van der Waals surface area contributed by atoms with Gasteiger partial charge in [0.2, 0.25) is 17.7 Å². The predicted octanol–water partition coefficient (Wildman–Crippen LogP) is 3.90. The molecule has 0 spiro atoms. The number of nitrogens with one attached hydrogen (secondary N) is 2. The number of carbonyl (C=O) groups excluding carboxylic acids is 4. The number of alkyl carbamates (subject to hydrolysis) is 1. The molecule has 236 valence electrons. The third-order valence-electron chi connectivity index (χ3n) is 8.91. The lowest BCUT2D eigenvalue weighted by Gasteiger charge is -2.35. The number of esters is 1. The highest BCUT2D eigenvalue weighted by Gasteiger charge is 2.62. The molecule has 2 heterocycles. The summed E-state index contributed by atoms with van der Waals surface area (Å²) in [6.45, 7) is 9.38.